The van der Waals surface area contributed by atoms with E-state index < -0.39 is 24.9 Å². The largest absolute Gasteiger partial charge is 0.357 e. The van der Waals surface area contributed by atoms with Crippen molar-refractivity contribution in [1.82, 2.24) is 10.3 Å². The van der Waals surface area contributed by atoms with Crippen molar-refractivity contribution >= 4 is 18.3 Å². The van der Waals surface area contributed by atoms with Crippen molar-refractivity contribution in [2.75, 3.05) is 13.1 Å². The molecule has 0 aliphatic heterocycles. The molecule has 1 amide bonds. The lowest BCUT2D eigenvalue weighted by atomic mass is 10.3. The summed E-state index contributed by atoms with van der Waals surface area (Å²) in [5.74, 6) is -3.62. The molecular weight excluding hydrogens is 228 g/mol. The molecule has 1 rings (SSSR count). The number of hydrogen-bond donors (Lipinski definition) is 3. The van der Waals surface area contributed by atoms with Gasteiger partial charge in [0.15, 0.2) is 0 Å². The summed E-state index contributed by atoms with van der Waals surface area (Å²) in [6, 6.07) is 3.10. The monoisotopic (exact) mass is 239 g/mol. The fourth-order valence-electron chi connectivity index (χ4n) is 0.849. The molecule has 0 radical (unpaired) electrons. The van der Waals surface area contributed by atoms with Crippen molar-refractivity contribution in [2.24, 2.45) is 5.73 Å². The Morgan fingerprint density at radius 3 is 2.73 bits per heavy atom. The fraction of sp³-hybridized carbons (Fsp3) is 0.375. The van der Waals surface area contributed by atoms with Crippen molar-refractivity contribution in [3.63, 3.8) is 0 Å². The van der Waals surface area contributed by atoms with Crippen LogP contribution < -0.4 is 11.1 Å². The van der Waals surface area contributed by atoms with Crippen molar-refractivity contribution in [2.45, 2.75) is 5.92 Å². The lowest BCUT2D eigenvalue weighted by Crippen LogP contribution is -2.41. The first-order valence-corrected chi connectivity index (χ1v) is 4.05. The summed E-state index contributed by atoms with van der Waals surface area (Å²) in [7, 11) is 0. The molecule has 15 heavy (non-hydrogen) atoms. The van der Waals surface area contributed by atoms with Gasteiger partial charge in [-0.05, 0) is 12.1 Å². The molecule has 1 aromatic rings. The van der Waals surface area contributed by atoms with E-state index in [1.807, 2.05) is 0 Å². The third kappa shape index (κ3) is 4.26. The van der Waals surface area contributed by atoms with Crippen LogP contribution in [0.4, 0.5) is 8.78 Å². The highest BCUT2D eigenvalue weighted by atomic mass is 35.5. The van der Waals surface area contributed by atoms with Gasteiger partial charge in [-0.15, -0.1) is 12.4 Å². The molecule has 1 heterocycles. The average molecular weight is 240 g/mol. The smallest absolute Gasteiger partial charge is 0.277 e. The molecule has 0 spiro atoms. The molecule has 4 N–H and O–H groups in total. The molecule has 0 aliphatic rings. The first-order valence-electron chi connectivity index (χ1n) is 4.05. The molecule has 1 aromatic heterocycles. The molecule has 86 valence electrons. The van der Waals surface area contributed by atoms with Gasteiger partial charge in [0.25, 0.3) is 11.8 Å². The molecule has 0 fully saturated rings. The van der Waals surface area contributed by atoms with Crippen LogP contribution in [0, 0.1) is 0 Å². The minimum atomic E-state index is -3.05. The number of alkyl halides is 2. The van der Waals surface area contributed by atoms with Gasteiger partial charge >= 0.3 is 0 Å². The number of H-pyrrole nitrogens is 1. The number of nitrogens with two attached hydrogens (primary N) is 1. The van der Waals surface area contributed by atoms with Crippen LogP contribution in [0.25, 0.3) is 0 Å². The number of halogens is 3. The van der Waals surface area contributed by atoms with Crippen molar-refractivity contribution in [3.8, 4) is 0 Å². The van der Waals surface area contributed by atoms with E-state index in [4.69, 9.17) is 5.73 Å². The van der Waals surface area contributed by atoms with Crippen molar-refractivity contribution in [1.29, 1.82) is 0 Å². The number of aromatic amines is 1. The summed E-state index contributed by atoms with van der Waals surface area (Å²) in [5.41, 5.74) is 5.05. The number of carbonyl (C=O) groups excluding carboxylic acids is 1. The van der Waals surface area contributed by atoms with Gasteiger partial charge in [-0.2, -0.15) is 0 Å². The Balaban J connectivity index is 0.00000196. The highest BCUT2D eigenvalue weighted by Gasteiger charge is 2.27. The molecule has 0 aromatic carbocycles. The molecule has 0 unspecified atom stereocenters. The van der Waals surface area contributed by atoms with E-state index in [0.717, 1.165) is 0 Å². The SMILES string of the molecule is Cl.NCC(F)(F)CNC(=O)c1ccc[nH]1. The number of carbonyl (C=O) groups is 1. The Labute approximate surface area is 91.6 Å². The van der Waals surface area contributed by atoms with Crippen LogP contribution in [0.15, 0.2) is 18.3 Å². The standard InChI is InChI=1S/C8H11F2N3O.ClH/c9-8(10,4-11)5-13-7(14)6-2-1-3-12-6;/h1-3,12H,4-5,11H2,(H,13,14);1H. The molecule has 0 saturated carbocycles. The Bertz CT molecular complexity index is 303. The van der Waals surface area contributed by atoms with Crippen LogP contribution in [0.2, 0.25) is 0 Å². The van der Waals surface area contributed by atoms with Gasteiger partial charge in [0.1, 0.15) is 5.69 Å². The minimum absolute atomic E-state index is 0. The zero-order valence-electron chi connectivity index (χ0n) is 7.80. The second-order valence-electron chi connectivity index (χ2n) is 2.83. The number of nitrogens with one attached hydrogen (secondary N) is 2. The predicted molar refractivity (Wildman–Crippen MR) is 54.4 cm³/mol. The number of aromatic nitrogens is 1. The van der Waals surface area contributed by atoms with E-state index in [9.17, 15) is 13.6 Å². The summed E-state index contributed by atoms with van der Waals surface area (Å²) >= 11 is 0. The quantitative estimate of drug-likeness (QED) is 0.726. The summed E-state index contributed by atoms with van der Waals surface area (Å²) in [4.78, 5) is 13.8. The maximum atomic E-state index is 12.6. The Kier molecular flexibility index (Phi) is 5.24. The number of amides is 1. The molecule has 0 aliphatic carbocycles. The lowest BCUT2D eigenvalue weighted by molar-refractivity contribution is 0.0118. The van der Waals surface area contributed by atoms with Gasteiger partial charge in [-0.3, -0.25) is 4.79 Å². The van der Waals surface area contributed by atoms with Crippen LogP contribution in [-0.4, -0.2) is 29.9 Å². The number of hydrogen-bond acceptors (Lipinski definition) is 2. The third-order valence-corrected chi connectivity index (χ3v) is 1.65. The lowest BCUT2D eigenvalue weighted by Gasteiger charge is -2.13. The van der Waals surface area contributed by atoms with E-state index in [-0.39, 0.29) is 18.1 Å². The molecular formula is C8H12ClF2N3O. The van der Waals surface area contributed by atoms with Crippen LogP contribution >= 0.6 is 12.4 Å². The van der Waals surface area contributed by atoms with E-state index in [1.54, 1.807) is 6.07 Å². The molecule has 4 nitrogen and oxygen atoms in total. The third-order valence-electron chi connectivity index (χ3n) is 1.65. The van der Waals surface area contributed by atoms with Crippen molar-refractivity contribution in [3.05, 3.63) is 24.0 Å². The van der Waals surface area contributed by atoms with Crippen molar-refractivity contribution < 1.29 is 13.6 Å². The maximum Gasteiger partial charge on any atom is 0.277 e. The van der Waals surface area contributed by atoms with Gasteiger partial charge < -0.3 is 16.0 Å². The molecule has 0 saturated heterocycles. The minimum Gasteiger partial charge on any atom is -0.357 e. The van der Waals surface area contributed by atoms with Crippen LogP contribution in [0.1, 0.15) is 10.5 Å². The van der Waals surface area contributed by atoms with E-state index in [2.05, 4.69) is 10.3 Å². The zero-order chi connectivity index (χ0) is 10.6. The van der Waals surface area contributed by atoms with Gasteiger partial charge in [0.2, 0.25) is 0 Å². The first-order chi connectivity index (χ1) is 6.55. The number of rotatable bonds is 4. The van der Waals surface area contributed by atoms with Crippen LogP contribution in [0.3, 0.4) is 0 Å². The van der Waals surface area contributed by atoms with E-state index in [0.29, 0.717) is 0 Å². The Hall–Kier alpha value is -1.14. The molecule has 0 atom stereocenters. The van der Waals surface area contributed by atoms with Gasteiger partial charge in [0, 0.05) is 6.20 Å². The summed E-state index contributed by atoms with van der Waals surface area (Å²) in [6.45, 7) is -1.53. The highest BCUT2D eigenvalue weighted by Crippen LogP contribution is 2.08. The average Bonchev–Trinajstić information content (AvgIpc) is 2.67. The summed E-state index contributed by atoms with van der Waals surface area (Å²) < 4.78 is 25.2. The fourth-order valence-corrected chi connectivity index (χ4v) is 0.849. The predicted octanol–water partition coefficient (Wildman–Crippen LogP) is 0.760. The summed E-state index contributed by atoms with van der Waals surface area (Å²) in [6.07, 6.45) is 1.54. The Morgan fingerprint density at radius 2 is 2.27 bits per heavy atom. The van der Waals surface area contributed by atoms with Gasteiger partial charge in [-0.1, -0.05) is 0 Å². The topological polar surface area (TPSA) is 70.9 Å². The van der Waals surface area contributed by atoms with Crippen LogP contribution in [-0.2, 0) is 0 Å². The molecule has 7 heteroatoms. The first kappa shape index (κ1) is 13.9. The summed E-state index contributed by atoms with van der Waals surface area (Å²) in [5, 5.41) is 2.08. The highest BCUT2D eigenvalue weighted by molar-refractivity contribution is 5.92. The van der Waals surface area contributed by atoms with E-state index in [1.165, 1.54) is 12.3 Å². The maximum absolute atomic E-state index is 12.6. The van der Waals surface area contributed by atoms with Crippen LogP contribution in [0.5, 0.6) is 0 Å². The molecule has 0 bridgehead atoms. The second kappa shape index (κ2) is 5.67. The normalized spacial score (nSPS) is 10.6. The van der Waals surface area contributed by atoms with Gasteiger partial charge in [-0.25, -0.2) is 8.78 Å². The van der Waals surface area contributed by atoms with E-state index >= 15 is 0 Å². The zero-order valence-corrected chi connectivity index (χ0v) is 8.61. The Morgan fingerprint density at radius 1 is 1.60 bits per heavy atom. The van der Waals surface area contributed by atoms with Gasteiger partial charge in [0.05, 0.1) is 13.1 Å². The second-order valence-corrected chi connectivity index (χ2v) is 2.83.